The molecule has 0 atom stereocenters. The maximum atomic E-state index is 13.4. The quantitative estimate of drug-likeness (QED) is 0.536. The van der Waals surface area contributed by atoms with Crippen LogP contribution in [-0.2, 0) is 14.8 Å². The van der Waals surface area contributed by atoms with Crippen LogP contribution in [0.25, 0.3) is 0 Å². The fourth-order valence-corrected chi connectivity index (χ4v) is 4.72. The third-order valence-corrected chi connectivity index (χ3v) is 7.32. The lowest BCUT2D eigenvalue weighted by Crippen LogP contribution is -2.43. The summed E-state index contributed by atoms with van der Waals surface area (Å²) in [5, 5.41) is 0. The summed E-state index contributed by atoms with van der Waals surface area (Å²) in [6.45, 7) is 11.1. The molecule has 1 aliphatic heterocycles. The molecule has 0 radical (unpaired) electrons. The smallest absolute Gasteiger partial charge is 0.253 e. The molecule has 0 spiro atoms. The number of aryl methyl sites for hydroxylation is 1. The Hall–Kier alpha value is -1.48. The highest BCUT2D eigenvalue weighted by atomic mass is 32.2. The molecule has 1 aliphatic rings. The minimum Gasteiger partial charge on any atom is -0.379 e. The molecule has 30 heavy (non-hydrogen) atoms. The van der Waals surface area contributed by atoms with Crippen LogP contribution in [0, 0.1) is 13.8 Å². The lowest BCUT2D eigenvalue weighted by Gasteiger charge is -2.30. The zero-order valence-corrected chi connectivity index (χ0v) is 19.7. The number of morpholine rings is 1. The standard InChI is InChI=1S/C22H37N3O4S/c1-5-6-7-8-9-25(11-10-24-12-14-29-15-13-24)22(26)20-16-18(2)19(3)21(17-20)30(27,28)23-4/h16-17,23H,5-15H2,1-4H3. The first-order valence-corrected chi connectivity index (χ1v) is 12.4. The first kappa shape index (κ1) is 24.8. The number of hydrogen-bond acceptors (Lipinski definition) is 5. The molecular formula is C22H37N3O4S. The van der Waals surface area contributed by atoms with Crippen LogP contribution in [-0.4, -0.2) is 77.1 Å². The van der Waals surface area contributed by atoms with E-state index in [1.807, 2.05) is 11.8 Å². The van der Waals surface area contributed by atoms with Crippen molar-refractivity contribution in [2.24, 2.45) is 0 Å². The molecule has 0 saturated carbocycles. The molecule has 1 saturated heterocycles. The monoisotopic (exact) mass is 439 g/mol. The van der Waals surface area contributed by atoms with Crippen LogP contribution in [0.15, 0.2) is 17.0 Å². The van der Waals surface area contributed by atoms with E-state index in [0.717, 1.165) is 64.1 Å². The normalized spacial score (nSPS) is 15.3. The van der Waals surface area contributed by atoms with Crippen molar-refractivity contribution in [2.75, 3.05) is 53.0 Å². The average Bonchev–Trinajstić information content (AvgIpc) is 2.75. The number of unbranched alkanes of at least 4 members (excludes halogenated alkanes) is 3. The van der Waals surface area contributed by atoms with Gasteiger partial charge in [0.05, 0.1) is 18.1 Å². The van der Waals surface area contributed by atoms with Gasteiger partial charge in [0, 0.05) is 38.3 Å². The van der Waals surface area contributed by atoms with E-state index >= 15 is 0 Å². The van der Waals surface area contributed by atoms with Gasteiger partial charge in [0.25, 0.3) is 5.91 Å². The second-order valence-corrected chi connectivity index (χ2v) is 9.79. The van der Waals surface area contributed by atoms with Gasteiger partial charge < -0.3 is 9.64 Å². The van der Waals surface area contributed by atoms with Crippen molar-refractivity contribution >= 4 is 15.9 Å². The fourth-order valence-electron chi connectivity index (χ4n) is 3.65. The third-order valence-electron chi connectivity index (χ3n) is 5.78. The fraction of sp³-hybridized carbons (Fsp3) is 0.682. The summed E-state index contributed by atoms with van der Waals surface area (Å²) in [4.78, 5) is 17.7. The molecule has 1 N–H and O–H groups in total. The second-order valence-electron chi connectivity index (χ2n) is 7.93. The highest BCUT2D eigenvalue weighted by molar-refractivity contribution is 7.89. The minimum absolute atomic E-state index is 0.101. The third kappa shape index (κ3) is 6.77. The topological polar surface area (TPSA) is 79.0 Å². The summed E-state index contributed by atoms with van der Waals surface area (Å²) < 4.78 is 32.7. The maximum Gasteiger partial charge on any atom is 0.253 e. The van der Waals surface area contributed by atoms with Gasteiger partial charge in [0.2, 0.25) is 10.0 Å². The van der Waals surface area contributed by atoms with Crippen LogP contribution in [0.3, 0.4) is 0 Å². The van der Waals surface area contributed by atoms with Crippen molar-refractivity contribution in [3.63, 3.8) is 0 Å². The Morgan fingerprint density at radius 2 is 1.83 bits per heavy atom. The maximum absolute atomic E-state index is 13.4. The number of sulfonamides is 1. The Labute approximate surface area is 181 Å². The molecule has 1 aromatic rings. The van der Waals surface area contributed by atoms with Crippen LogP contribution in [0.1, 0.15) is 54.1 Å². The predicted octanol–water partition coefficient (Wildman–Crippen LogP) is 2.57. The molecule has 1 heterocycles. The van der Waals surface area contributed by atoms with E-state index in [9.17, 15) is 13.2 Å². The number of rotatable bonds is 11. The van der Waals surface area contributed by atoms with E-state index in [-0.39, 0.29) is 10.8 Å². The number of carbonyl (C=O) groups excluding carboxylic acids is 1. The van der Waals surface area contributed by atoms with Gasteiger partial charge in [-0.3, -0.25) is 9.69 Å². The van der Waals surface area contributed by atoms with Gasteiger partial charge in [0.15, 0.2) is 0 Å². The summed E-state index contributed by atoms with van der Waals surface area (Å²) in [6.07, 6.45) is 4.34. The zero-order chi connectivity index (χ0) is 22.1. The molecule has 1 aromatic carbocycles. The summed E-state index contributed by atoms with van der Waals surface area (Å²) in [5.41, 5.74) is 1.90. The van der Waals surface area contributed by atoms with E-state index in [2.05, 4.69) is 16.5 Å². The molecule has 1 fully saturated rings. The lowest BCUT2D eigenvalue weighted by molar-refractivity contribution is 0.0324. The van der Waals surface area contributed by atoms with Crippen molar-refractivity contribution in [1.29, 1.82) is 0 Å². The van der Waals surface area contributed by atoms with Crippen molar-refractivity contribution in [3.05, 3.63) is 28.8 Å². The van der Waals surface area contributed by atoms with Gasteiger partial charge in [0.1, 0.15) is 0 Å². The largest absolute Gasteiger partial charge is 0.379 e. The number of amides is 1. The van der Waals surface area contributed by atoms with Gasteiger partial charge in [-0.25, -0.2) is 13.1 Å². The average molecular weight is 440 g/mol. The highest BCUT2D eigenvalue weighted by Gasteiger charge is 2.23. The molecule has 0 aromatic heterocycles. The molecular weight excluding hydrogens is 402 g/mol. The number of carbonyl (C=O) groups is 1. The Kier molecular flexibility index (Phi) is 9.74. The number of nitrogens with zero attached hydrogens (tertiary/aromatic N) is 2. The number of nitrogens with one attached hydrogen (secondary N) is 1. The SMILES string of the molecule is CCCCCCN(CCN1CCOCC1)C(=O)c1cc(C)c(C)c(S(=O)(=O)NC)c1. The second kappa shape index (κ2) is 11.8. The van der Waals surface area contributed by atoms with Crippen molar-refractivity contribution in [1.82, 2.24) is 14.5 Å². The van der Waals surface area contributed by atoms with E-state index in [0.29, 0.717) is 24.2 Å². The van der Waals surface area contributed by atoms with E-state index in [4.69, 9.17) is 4.74 Å². The number of benzene rings is 1. The molecule has 1 amide bonds. The molecule has 0 aliphatic carbocycles. The number of hydrogen-bond donors (Lipinski definition) is 1. The number of ether oxygens (including phenoxy) is 1. The van der Waals surface area contributed by atoms with E-state index in [1.165, 1.54) is 13.1 Å². The molecule has 2 rings (SSSR count). The van der Waals surface area contributed by atoms with Gasteiger partial charge in [-0.1, -0.05) is 26.2 Å². The Morgan fingerprint density at radius 1 is 1.13 bits per heavy atom. The van der Waals surface area contributed by atoms with Crippen LogP contribution < -0.4 is 4.72 Å². The predicted molar refractivity (Wildman–Crippen MR) is 119 cm³/mol. The van der Waals surface area contributed by atoms with Crippen LogP contribution >= 0.6 is 0 Å². The van der Waals surface area contributed by atoms with Crippen LogP contribution in [0.5, 0.6) is 0 Å². The van der Waals surface area contributed by atoms with Crippen molar-refractivity contribution in [2.45, 2.75) is 51.3 Å². The van der Waals surface area contributed by atoms with Crippen molar-refractivity contribution < 1.29 is 17.9 Å². The Balaban J connectivity index is 2.22. The van der Waals surface area contributed by atoms with Crippen LogP contribution in [0.4, 0.5) is 0 Å². The van der Waals surface area contributed by atoms with Crippen LogP contribution in [0.2, 0.25) is 0 Å². The highest BCUT2D eigenvalue weighted by Crippen LogP contribution is 2.22. The Morgan fingerprint density at radius 3 is 2.47 bits per heavy atom. The molecule has 7 nitrogen and oxygen atoms in total. The summed E-state index contributed by atoms with van der Waals surface area (Å²) in [6, 6.07) is 3.32. The van der Waals surface area contributed by atoms with Gasteiger partial charge in [-0.2, -0.15) is 0 Å². The summed E-state index contributed by atoms with van der Waals surface area (Å²) >= 11 is 0. The lowest BCUT2D eigenvalue weighted by atomic mass is 10.0. The van der Waals surface area contributed by atoms with Gasteiger partial charge in [-0.15, -0.1) is 0 Å². The van der Waals surface area contributed by atoms with Crippen molar-refractivity contribution in [3.8, 4) is 0 Å². The van der Waals surface area contributed by atoms with Gasteiger partial charge >= 0.3 is 0 Å². The first-order chi connectivity index (χ1) is 14.3. The minimum atomic E-state index is -3.63. The molecule has 170 valence electrons. The molecule has 8 heteroatoms. The first-order valence-electron chi connectivity index (χ1n) is 10.9. The van der Waals surface area contributed by atoms with E-state index in [1.54, 1.807) is 13.0 Å². The van der Waals surface area contributed by atoms with E-state index < -0.39 is 10.0 Å². The molecule has 0 unspecified atom stereocenters. The molecule has 0 bridgehead atoms. The van der Waals surface area contributed by atoms with Gasteiger partial charge in [-0.05, 0) is 50.6 Å². The Bertz CT molecular complexity index is 805. The summed E-state index contributed by atoms with van der Waals surface area (Å²) in [5.74, 6) is -0.101. The zero-order valence-electron chi connectivity index (χ0n) is 18.9. The summed E-state index contributed by atoms with van der Waals surface area (Å²) in [7, 11) is -2.24.